The second-order valence-corrected chi connectivity index (χ2v) is 4.84. The third kappa shape index (κ3) is 4.42. The highest BCUT2D eigenvalue weighted by molar-refractivity contribution is 5.89. The molecule has 23 heavy (non-hydrogen) atoms. The summed E-state index contributed by atoms with van der Waals surface area (Å²) in [5.74, 6) is -0.977. The van der Waals surface area contributed by atoms with Gasteiger partial charge >= 0.3 is 5.97 Å². The van der Waals surface area contributed by atoms with Gasteiger partial charge in [-0.05, 0) is 48.4 Å². The number of benzene rings is 2. The van der Waals surface area contributed by atoms with Crippen LogP contribution in [0.1, 0.15) is 18.1 Å². The third-order valence-corrected chi connectivity index (χ3v) is 3.13. The fourth-order valence-electron chi connectivity index (χ4n) is 1.87. The molecule has 0 aliphatic heterocycles. The molecule has 5 heteroatoms. The van der Waals surface area contributed by atoms with Crippen LogP contribution in [0.2, 0.25) is 0 Å². The minimum atomic E-state index is -1.04. The van der Waals surface area contributed by atoms with Gasteiger partial charge in [-0.3, -0.25) is 0 Å². The minimum absolute atomic E-state index is 0.361. The van der Waals surface area contributed by atoms with E-state index in [1.807, 2.05) is 0 Å². The Kier molecular flexibility index (Phi) is 5.11. The van der Waals surface area contributed by atoms with Gasteiger partial charge in [0.1, 0.15) is 11.6 Å². The van der Waals surface area contributed by atoms with Gasteiger partial charge in [-0.15, -0.1) is 0 Å². The maximum Gasteiger partial charge on any atom is 0.344 e. The summed E-state index contributed by atoms with van der Waals surface area (Å²) in [5, 5.41) is 18.0. The maximum absolute atomic E-state index is 12.9. The Balaban J connectivity index is 2.19. The molecule has 0 saturated heterocycles. The van der Waals surface area contributed by atoms with E-state index in [0.29, 0.717) is 16.9 Å². The first kappa shape index (κ1) is 16.2. The predicted molar refractivity (Wildman–Crippen MR) is 84.1 cm³/mol. The fraction of sp³-hybridized carbons (Fsp3) is 0.111. The lowest BCUT2D eigenvalue weighted by atomic mass is 10.0. The summed E-state index contributed by atoms with van der Waals surface area (Å²) in [4.78, 5) is 10.7. The van der Waals surface area contributed by atoms with Crippen LogP contribution in [0.25, 0.3) is 11.6 Å². The van der Waals surface area contributed by atoms with Gasteiger partial charge in [-0.1, -0.05) is 24.3 Å². The molecule has 0 radical (unpaired) electrons. The first-order chi connectivity index (χ1) is 11.0. The standard InChI is InChI=1S/C18H14FNO3/c1-12(18(21)22)23-17-8-2-13(3-9-17)10-15(11-20)14-4-6-16(19)7-5-14/h2-10,12H,1H3,(H,21,22)/b15-10-/t12-/m0/s1. The number of allylic oxidation sites excluding steroid dienone is 1. The molecule has 2 rings (SSSR count). The van der Waals surface area contributed by atoms with Crippen molar-refractivity contribution in [1.82, 2.24) is 0 Å². The van der Waals surface area contributed by atoms with Crippen LogP contribution in [0.3, 0.4) is 0 Å². The maximum atomic E-state index is 12.9. The lowest BCUT2D eigenvalue weighted by Gasteiger charge is -2.10. The molecule has 1 atom stereocenters. The number of nitrogens with zero attached hydrogens (tertiary/aromatic N) is 1. The van der Waals surface area contributed by atoms with Crippen LogP contribution in [0, 0.1) is 17.1 Å². The number of nitriles is 1. The molecule has 0 aliphatic rings. The van der Waals surface area contributed by atoms with Crippen LogP contribution < -0.4 is 4.74 Å². The van der Waals surface area contributed by atoms with E-state index >= 15 is 0 Å². The van der Waals surface area contributed by atoms with Gasteiger partial charge in [0.05, 0.1) is 11.6 Å². The van der Waals surface area contributed by atoms with Crippen molar-refractivity contribution < 1.29 is 19.0 Å². The molecule has 2 aromatic carbocycles. The van der Waals surface area contributed by atoms with E-state index in [4.69, 9.17) is 9.84 Å². The van der Waals surface area contributed by atoms with E-state index in [0.717, 1.165) is 5.56 Å². The highest BCUT2D eigenvalue weighted by Crippen LogP contribution is 2.20. The number of aliphatic carboxylic acids is 1. The van der Waals surface area contributed by atoms with Gasteiger partial charge in [0.15, 0.2) is 6.10 Å². The van der Waals surface area contributed by atoms with Crippen LogP contribution in [-0.4, -0.2) is 17.2 Å². The first-order valence-corrected chi connectivity index (χ1v) is 6.87. The molecule has 0 amide bonds. The van der Waals surface area contributed by atoms with Crippen molar-refractivity contribution in [2.75, 3.05) is 0 Å². The topological polar surface area (TPSA) is 70.3 Å². The molecule has 0 spiro atoms. The zero-order valence-electron chi connectivity index (χ0n) is 12.4. The molecule has 0 heterocycles. The van der Waals surface area contributed by atoms with Crippen molar-refractivity contribution in [3.8, 4) is 11.8 Å². The Morgan fingerprint density at radius 2 is 1.83 bits per heavy atom. The molecule has 0 saturated carbocycles. The zero-order chi connectivity index (χ0) is 16.8. The van der Waals surface area contributed by atoms with Gasteiger partial charge in [-0.25, -0.2) is 9.18 Å². The number of hydrogen-bond acceptors (Lipinski definition) is 3. The Bertz CT molecular complexity index is 758. The minimum Gasteiger partial charge on any atom is -0.479 e. The molecular formula is C18H14FNO3. The van der Waals surface area contributed by atoms with Gasteiger partial charge in [0.25, 0.3) is 0 Å². The van der Waals surface area contributed by atoms with Crippen molar-refractivity contribution in [1.29, 1.82) is 5.26 Å². The highest BCUT2D eigenvalue weighted by Gasteiger charge is 2.12. The zero-order valence-corrected chi connectivity index (χ0v) is 12.4. The summed E-state index contributed by atoms with van der Waals surface area (Å²) >= 11 is 0. The number of carboxylic acids is 1. The van der Waals surface area contributed by atoms with Crippen LogP contribution in [0.15, 0.2) is 48.5 Å². The van der Waals surface area contributed by atoms with Crippen molar-refractivity contribution in [2.45, 2.75) is 13.0 Å². The fourth-order valence-corrected chi connectivity index (χ4v) is 1.87. The second-order valence-electron chi connectivity index (χ2n) is 4.84. The number of carboxylic acid groups (broad SMARTS) is 1. The molecule has 2 aromatic rings. The first-order valence-electron chi connectivity index (χ1n) is 6.87. The predicted octanol–water partition coefficient (Wildman–Crippen LogP) is 3.74. The number of ether oxygens (including phenoxy) is 1. The number of rotatable bonds is 5. The van der Waals surface area contributed by atoms with Gasteiger partial charge in [-0.2, -0.15) is 5.26 Å². The van der Waals surface area contributed by atoms with Gasteiger partial charge in [0.2, 0.25) is 0 Å². The summed E-state index contributed by atoms with van der Waals surface area (Å²) in [6.45, 7) is 1.44. The van der Waals surface area contributed by atoms with Crippen LogP contribution in [-0.2, 0) is 4.79 Å². The molecule has 4 nitrogen and oxygen atoms in total. The molecule has 0 bridgehead atoms. The molecule has 1 N–H and O–H groups in total. The normalized spacial score (nSPS) is 12.3. The Morgan fingerprint density at radius 3 is 2.35 bits per heavy atom. The van der Waals surface area contributed by atoms with Gasteiger partial charge in [0, 0.05) is 0 Å². The molecule has 0 fully saturated rings. The summed E-state index contributed by atoms with van der Waals surface area (Å²) < 4.78 is 18.2. The van der Waals surface area contributed by atoms with Crippen molar-refractivity contribution in [3.05, 3.63) is 65.5 Å². The Morgan fingerprint density at radius 1 is 1.22 bits per heavy atom. The second kappa shape index (κ2) is 7.23. The van der Waals surface area contributed by atoms with E-state index < -0.39 is 12.1 Å². The lowest BCUT2D eigenvalue weighted by molar-refractivity contribution is -0.144. The summed E-state index contributed by atoms with van der Waals surface area (Å²) in [5.41, 5.74) is 1.77. The van der Waals surface area contributed by atoms with Crippen LogP contribution in [0.4, 0.5) is 4.39 Å². The number of carbonyl (C=O) groups is 1. The summed E-state index contributed by atoms with van der Waals surface area (Å²) in [6.07, 6.45) is 0.725. The number of hydrogen-bond donors (Lipinski definition) is 1. The Labute approximate surface area is 133 Å². The Hall–Kier alpha value is -3.13. The number of halogens is 1. The quantitative estimate of drug-likeness (QED) is 0.674. The monoisotopic (exact) mass is 311 g/mol. The molecule has 0 aliphatic carbocycles. The SMILES string of the molecule is C[C@H](Oc1ccc(/C=C(/C#N)c2ccc(F)cc2)cc1)C(=O)O. The van der Waals surface area contributed by atoms with Crippen LogP contribution in [0.5, 0.6) is 5.75 Å². The van der Waals surface area contributed by atoms with E-state index in [1.165, 1.54) is 31.2 Å². The summed E-state index contributed by atoms with van der Waals surface area (Å²) in [7, 11) is 0. The van der Waals surface area contributed by atoms with E-state index in [9.17, 15) is 14.4 Å². The molecule has 116 valence electrons. The largest absolute Gasteiger partial charge is 0.479 e. The molecular weight excluding hydrogens is 297 g/mol. The lowest BCUT2D eigenvalue weighted by Crippen LogP contribution is -2.22. The average molecular weight is 311 g/mol. The summed E-state index contributed by atoms with van der Waals surface area (Å²) in [6, 6.07) is 14.4. The van der Waals surface area contributed by atoms with Crippen LogP contribution >= 0.6 is 0 Å². The van der Waals surface area contributed by atoms with Crippen molar-refractivity contribution in [3.63, 3.8) is 0 Å². The van der Waals surface area contributed by atoms with Crippen molar-refractivity contribution in [2.24, 2.45) is 0 Å². The molecule has 0 unspecified atom stereocenters. The third-order valence-electron chi connectivity index (χ3n) is 3.13. The van der Waals surface area contributed by atoms with Crippen molar-refractivity contribution >= 4 is 17.6 Å². The van der Waals surface area contributed by atoms with E-state index in [2.05, 4.69) is 6.07 Å². The van der Waals surface area contributed by atoms with Gasteiger partial charge < -0.3 is 9.84 Å². The highest BCUT2D eigenvalue weighted by atomic mass is 19.1. The average Bonchev–Trinajstić information content (AvgIpc) is 2.55. The van der Waals surface area contributed by atoms with E-state index in [-0.39, 0.29) is 5.82 Å². The smallest absolute Gasteiger partial charge is 0.344 e. The molecule has 0 aromatic heterocycles. The van der Waals surface area contributed by atoms with E-state index in [1.54, 1.807) is 30.3 Å².